The van der Waals surface area contributed by atoms with E-state index in [1.165, 1.54) is 9.25 Å². The molecule has 8 heteroatoms. The molecule has 154 valence electrons. The van der Waals surface area contributed by atoms with Crippen LogP contribution < -0.4 is 11.0 Å². The highest BCUT2D eigenvalue weighted by Gasteiger charge is 2.19. The summed E-state index contributed by atoms with van der Waals surface area (Å²) in [5.41, 5.74) is 2.02. The molecular weight excluding hydrogens is 382 g/mol. The molecule has 0 aliphatic heterocycles. The van der Waals surface area contributed by atoms with Crippen molar-refractivity contribution in [3.8, 4) is 23.1 Å². The van der Waals surface area contributed by atoms with Crippen LogP contribution in [0.25, 0.3) is 17.1 Å². The quantitative estimate of drug-likeness (QED) is 0.620. The first-order chi connectivity index (χ1) is 14.4. The van der Waals surface area contributed by atoms with Crippen molar-refractivity contribution < 1.29 is 9.90 Å². The molecule has 2 aromatic carbocycles. The third kappa shape index (κ3) is 4.64. The third-order valence-corrected chi connectivity index (χ3v) is 4.45. The number of benzene rings is 2. The second kappa shape index (κ2) is 9.20. The van der Waals surface area contributed by atoms with Crippen LogP contribution in [0.4, 0.5) is 0 Å². The van der Waals surface area contributed by atoms with E-state index in [-0.39, 0.29) is 25.1 Å². The van der Waals surface area contributed by atoms with Crippen molar-refractivity contribution in [1.82, 2.24) is 19.7 Å². The number of rotatable bonds is 7. The van der Waals surface area contributed by atoms with Crippen LogP contribution >= 0.6 is 0 Å². The van der Waals surface area contributed by atoms with Gasteiger partial charge in [0.05, 0.1) is 17.3 Å². The van der Waals surface area contributed by atoms with Crippen molar-refractivity contribution in [1.29, 1.82) is 5.26 Å². The Morgan fingerprint density at radius 3 is 2.60 bits per heavy atom. The lowest BCUT2D eigenvalue weighted by Gasteiger charge is -2.09. The minimum atomic E-state index is -0.457. The van der Waals surface area contributed by atoms with Gasteiger partial charge in [0.25, 0.3) is 0 Å². The Morgan fingerprint density at radius 1 is 1.23 bits per heavy atom. The lowest BCUT2D eigenvalue weighted by molar-refractivity contribution is -0.122. The summed E-state index contributed by atoms with van der Waals surface area (Å²) in [5.74, 6) is -0.00178. The van der Waals surface area contributed by atoms with E-state index < -0.39 is 5.69 Å². The summed E-state index contributed by atoms with van der Waals surface area (Å²) < 4.78 is 2.54. The summed E-state index contributed by atoms with van der Waals surface area (Å²) >= 11 is 0. The van der Waals surface area contributed by atoms with Gasteiger partial charge in [-0.25, -0.2) is 4.79 Å². The molecule has 1 heterocycles. The highest BCUT2D eigenvalue weighted by Crippen LogP contribution is 2.19. The van der Waals surface area contributed by atoms with Crippen molar-refractivity contribution in [2.75, 3.05) is 6.61 Å². The lowest BCUT2D eigenvalue weighted by atomic mass is 10.1. The van der Waals surface area contributed by atoms with Gasteiger partial charge in [0.2, 0.25) is 5.91 Å². The molecule has 30 heavy (non-hydrogen) atoms. The van der Waals surface area contributed by atoms with Crippen LogP contribution in [0, 0.1) is 11.3 Å². The highest BCUT2D eigenvalue weighted by molar-refractivity contribution is 5.76. The summed E-state index contributed by atoms with van der Waals surface area (Å²) in [5, 5.41) is 25.5. The van der Waals surface area contributed by atoms with Crippen LogP contribution in [0.1, 0.15) is 25.0 Å². The largest absolute Gasteiger partial charge is 0.396 e. The summed E-state index contributed by atoms with van der Waals surface area (Å²) in [6, 6.07) is 15.9. The topological polar surface area (TPSA) is 113 Å². The zero-order valence-electron chi connectivity index (χ0n) is 16.9. The van der Waals surface area contributed by atoms with Crippen molar-refractivity contribution >= 4 is 5.91 Å². The molecule has 1 aromatic heterocycles. The molecule has 0 aliphatic rings. The number of aromatic nitrogens is 3. The molecule has 3 rings (SSSR count). The predicted molar refractivity (Wildman–Crippen MR) is 112 cm³/mol. The number of carbonyl (C=O) groups is 1. The number of aliphatic hydroxyl groups is 1. The summed E-state index contributed by atoms with van der Waals surface area (Å²) in [7, 11) is 0. The van der Waals surface area contributed by atoms with Gasteiger partial charge in [-0.2, -0.15) is 9.94 Å². The van der Waals surface area contributed by atoms with E-state index in [0.29, 0.717) is 29.1 Å². The molecule has 0 unspecified atom stereocenters. The number of nitriles is 1. The number of hydrogen-bond donors (Lipinski definition) is 2. The Balaban J connectivity index is 2.09. The Bertz CT molecular complexity index is 1140. The van der Waals surface area contributed by atoms with Gasteiger partial charge in [0.1, 0.15) is 6.54 Å². The molecular formula is C22H23N5O3. The van der Waals surface area contributed by atoms with Crippen molar-refractivity contribution in [3.63, 3.8) is 0 Å². The van der Waals surface area contributed by atoms with Crippen LogP contribution in [0.5, 0.6) is 0 Å². The van der Waals surface area contributed by atoms with E-state index in [2.05, 4.69) is 16.5 Å². The maximum Gasteiger partial charge on any atom is 0.351 e. The third-order valence-electron chi connectivity index (χ3n) is 4.45. The Labute approximate surface area is 174 Å². The standard InChI is InChI=1S/C22H23N5O3/c1-15(2)24-20(29)14-26-21(18-5-3-4-17(12-18)13-23)25-27(22(26)30)19-8-6-16(7-9-19)10-11-28/h3-9,12,15,28H,10-11,14H2,1-2H3,(H,24,29). The van der Waals surface area contributed by atoms with Gasteiger partial charge < -0.3 is 10.4 Å². The second-order valence-electron chi connectivity index (χ2n) is 7.16. The average Bonchev–Trinajstić information content (AvgIpc) is 3.04. The number of carbonyl (C=O) groups excluding carboxylic acids is 1. The van der Waals surface area contributed by atoms with Crippen molar-refractivity contribution in [2.24, 2.45) is 0 Å². The fourth-order valence-electron chi connectivity index (χ4n) is 3.09. The Kier molecular flexibility index (Phi) is 6.45. The first-order valence-electron chi connectivity index (χ1n) is 9.63. The molecule has 0 radical (unpaired) electrons. The molecule has 1 amide bonds. The minimum Gasteiger partial charge on any atom is -0.396 e. The number of nitrogens with zero attached hydrogens (tertiary/aromatic N) is 4. The molecule has 0 atom stereocenters. The number of aliphatic hydroxyl groups excluding tert-OH is 1. The smallest absolute Gasteiger partial charge is 0.351 e. The van der Waals surface area contributed by atoms with E-state index >= 15 is 0 Å². The molecule has 0 fully saturated rings. The second-order valence-corrected chi connectivity index (χ2v) is 7.16. The van der Waals surface area contributed by atoms with Gasteiger partial charge in [0, 0.05) is 18.2 Å². The van der Waals surface area contributed by atoms with Gasteiger partial charge in [-0.3, -0.25) is 9.36 Å². The molecule has 0 saturated carbocycles. The molecule has 0 aliphatic carbocycles. The molecule has 0 spiro atoms. The maximum atomic E-state index is 13.1. The predicted octanol–water partition coefficient (Wildman–Crippen LogP) is 1.63. The molecule has 8 nitrogen and oxygen atoms in total. The van der Waals surface area contributed by atoms with Gasteiger partial charge >= 0.3 is 5.69 Å². The van der Waals surface area contributed by atoms with Crippen LogP contribution in [0.2, 0.25) is 0 Å². The molecule has 0 saturated heterocycles. The van der Waals surface area contributed by atoms with Crippen LogP contribution in [0.15, 0.2) is 53.3 Å². The zero-order valence-corrected chi connectivity index (χ0v) is 16.9. The molecule has 2 N–H and O–H groups in total. The van der Waals surface area contributed by atoms with Gasteiger partial charge in [-0.05, 0) is 50.1 Å². The molecule has 0 bridgehead atoms. The fraction of sp³-hybridized carbons (Fsp3) is 0.273. The van der Waals surface area contributed by atoms with Crippen molar-refractivity contribution in [2.45, 2.75) is 32.9 Å². The van der Waals surface area contributed by atoms with E-state index in [1.54, 1.807) is 36.4 Å². The summed E-state index contributed by atoms with van der Waals surface area (Å²) in [6.45, 7) is 3.54. The fourth-order valence-corrected chi connectivity index (χ4v) is 3.09. The van der Waals surface area contributed by atoms with Crippen LogP contribution in [-0.4, -0.2) is 38.0 Å². The van der Waals surface area contributed by atoms with E-state index in [4.69, 9.17) is 5.11 Å². The first-order valence-corrected chi connectivity index (χ1v) is 9.63. The Hall–Kier alpha value is -3.70. The summed E-state index contributed by atoms with van der Waals surface area (Å²) in [4.78, 5) is 25.5. The number of nitrogens with one attached hydrogen (secondary N) is 1. The minimum absolute atomic E-state index is 0.0399. The zero-order chi connectivity index (χ0) is 21.7. The first kappa shape index (κ1) is 21.0. The van der Waals surface area contributed by atoms with Gasteiger partial charge in [-0.1, -0.05) is 24.3 Å². The van der Waals surface area contributed by atoms with E-state index in [9.17, 15) is 14.9 Å². The van der Waals surface area contributed by atoms with E-state index in [1.807, 2.05) is 26.0 Å². The average molecular weight is 405 g/mol. The van der Waals surface area contributed by atoms with Gasteiger partial charge in [-0.15, -0.1) is 5.10 Å². The van der Waals surface area contributed by atoms with Crippen LogP contribution in [0.3, 0.4) is 0 Å². The highest BCUT2D eigenvalue weighted by atomic mass is 16.3. The number of amides is 1. The normalized spacial score (nSPS) is 10.8. The monoisotopic (exact) mass is 405 g/mol. The summed E-state index contributed by atoms with van der Waals surface area (Å²) in [6.07, 6.45) is 0.519. The van der Waals surface area contributed by atoms with Crippen LogP contribution in [-0.2, 0) is 17.8 Å². The van der Waals surface area contributed by atoms with Crippen molar-refractivity contribution in [3.05, 3.63) is 70.1 Å². The lowest BCUT2D eigenvalue weighted by Crippen LogP contribution is -2.36. The van der Waals surface area contributed by atoms with E-state index in [0.717, 1.165) is 5.56 Å². The number of hydrogen-bond acceptors (Lipinski definition) is 5. The SMILES string of the molecule is CC(C)NC(=O)Cn1c(-c2cccc(C#N)c2)nn(-c2ccc(CCO)cc2)c1=O. The molecule has 3 aromatic rings. The Morgan fingerprint density at radius 2 is 1.97 bits per heavy atom. The van der Waals surface area contributed by atoms with Gasteiger partial charge in [0.15, 0.2) is 5.82 Å². The maximum absolute atomic E-state index is 13.1.